The van der Waals surface area contributed by atoms with E-state index in [1.807, 2.05) is 12.1 Å². The number of amides is 1. The van der Waals surface area contributed by atoms with Crippen molar-refractivity contribution in [3.05, 3.63) is 88.8 Å². The molecular formula is C24H18ClN3O4. The van der Waals surface area contributed by atoms with E-state index >= 15 is 0 Å². The maximum Gasteiger partial charge on any atom is 0.335 e. The van der Waals surface area contributed by atoms with Crippen molar-refractivity contribution in [2.75, 3.05) is 5.73 Å². The number of carbonyl (C=O) groups excluding carboxylic acids is 1. The summed E-state index contributed by atoms with van der Waals surface area (Å²) in [6.07, 6.45) is 4.62. The molecule has 32 heavy (non-hydrogen) atoms. The van der Waals surface area contributed by atoms with Crippen molar-refractivity contribution in [2.24, 2.45) is 0 Å². The number of carboxylic acid groups (broad SMARTS) is 1. The van der Waals surface area contributed by atoms with Crippen LogP contribution >= 0.6 is 11.6 Å². The summed E-state index contributed by atoms with van der Waals surface area (Å²) in [4.78, 5) is 27.1. The molecule has 4 N–H and O–H groups in total. The van der Waals surface area contributed by atoms with Crippen molar-refractivity contribution in [3.63, 3.8) is 0 Å². The van der Waals surface area contributed by atoms with E-state index in [0.717, 1.165) is 22.1 Å². The number of aromatic carboxylic acids is 1. The molecule has 0 aliphatic carbocycles. The summed E-state index contributed by atoms with van der Waals surface area (Å²) in [7, 11) is 0. The summed E-state index contributed by atoms with van der Waals surface area (Å²) in [6, 6.07) is 15.4. The first-order chi connectivity index (χ1) is 15.4. The van der Waals surface area contributed by atoms with Gasteiger partial charge in [0.1, 0.15) is 11.6 Å². The number of halogens is 1. The molecule has 2 aromatic carbocycles. The van der Waals surface area contributed by atoms with Gasteiger partial charge in [0.05, 0.1) is 17.1 Å². The number of carboxylic acids is 1. The quantitative estimate of drug-likeness (QED) is 0.367. The molecule has 0 aliphatic heterocycles. The lowest BCUT2D eigenvalue weighted by molar-refractivity contribution is -0.116. The molecule has 0 unspecified atom stereocenters. The molecule has 0 saturated carbocycles. The first kappa shape index (κ1) is 21.1. The minimum absolute atomic E-state index is 0.191. The van der Waals surface area contributed by atoms with Gasteiger partial charge in [0.25, 0.3) is 0 Å². The number of nitrogens with zero attached hydrogens (tertiary/aromatic N) is 1. The fraction of sp³-hybridized carbons (Fsp3) is 0.0417. The van der Waals surface area contributed by atoms with Crippen molar-refractivity contribution < 1.29 is 19.1 Å². The molecule has 4 rings (SSSR count). The lowest BCUT2D eigenvalue weighted by Crippen LogP contribution is -2.19. The number of anilines is 1. The highest BCUT2D eigenvalue weighted by Gasteiger charge is 2.12. The van der Waals surface area contributed by atoms with Crippen LogP contribution in [0.15, 0.2) is 71.3 Å². The Labute approximate surface area is 188 Å². The van der Waals surface area contributed by atoms with Crippen LogP contribution in [0.3, 0.4) is 0 Å². The van der Waals surface area contributed by atoms with E-state index in [2.05, 4.69) is 10.3 Å². The van der Waals surface area contributed by atoms with Crippen molar-refractivity contribution in [1.29, 1.82) is 0 Å². The lowest BCUT2D eigenvalue weighted by atomic mass is 10.0. The zero-order valence-corrected chi connectivity index (χ0v) is 17.5. The van der Waals surface area contributed by atoms with E-state index in [1.54, 1.807) is 54.7 Å². The maximum absolute atomic E-state index is 12.1. The Hall–Kier alpha value is -4.10. The number of aromatic nitrogens is 1. The van der Waals surface area contributed by atoms with E-state index in [4.69, 9.17) is 26.9 Å². The van der Waals surface area contributed by atoms with E-state index in [-0.39, 0.29) is 18.0 Å². The number of nitrogens with two attached hydrogens (primary N) is 1. The molecule has 2 aromatic heterocycles. The monoisotopic (exact) mass is 447 g/mol. The second-order valence-corrected chi connectivity index (χ2v) is 7.45. The van der Waals surface area contributed by atoms with Gasteiger partial charge < -0.3 is 20.6 Å². The first-order valence-corrected chi connectivity index (χ1v) is 10.00. The van der Waals surface area contributed by atoms with Crippen molar-refractivity contribution in [1.82, 2.24) is 10.3 Å². The third-order valence-electron chi connectivity index (χ3n) is 4.76. The molecule has 0 aliphatic rings. The fourth-order valence-electron chi connectivity index (χ4n) is 3.14. The predicted molar refractivity (Wildman–Crippen MR) is 123 cm³/mol. The number of nitrogen functional groups attached to an aromatic ring is 1. The van der Waals surface area contributed by atoms with Crippen LogP contribution in [0.25, 0.3) is 28.2 Å². The van der Waals surface area contributed by atoms with Crippen molar-refractivity contribution in [2.45, 2.75) is 6.54 Å². The number of nitrogens with one attached hydrogen (secondary N) is 1. The highest BCUT2D eigenvalue weighted by atomic mass is 35.5. The molecule has 4 aromatic rings. The average Bonchev–Trinajstić information content (AvgIpc) is 3.21. The van der Waals surface area contributed by atoms with Crippen LogP contribution in [0, 0.1) is 0 Å². The Balaban J connectivity index is 1.47. The van der Waals surface area contributed by atoms with Crippen LogP contribution in [0.5, 0.6) is 0 Å². The zero-order chi connectivity index (χ0) is 22.7. The van der Waals surface area contributed by atoms with Crippen LogP contribution in [0.4, 0.5) is 5.82 Å². The average molecular weight is 448 g/mol. The van der Waals surface area contributed by atoms with Gasteiger partial charge in [-0.15, -0.1) is 0 Å². The van der Waals surface area contributed by atoms with Gasteiger partial charge in [-0.05, 0) is 65.2 Å². The highest BCUT2D eigenvalue weighted by molar-refractivity contribution is 6.35. The standard InChI is InChI=1S/C24H18ClN3O4/c25-20-11-17(15-3-5-16(6-4-15)24(30)31)9-18-10-19(32-23(18)20)13-28-22(29)8-2-14-1-7-21(26)27-12-14/h1-12H,13H2,(H2,26,27)(H,28,29)(H,30,31)/b8-2+. The maximum atomic E-state index is 12.1. The summed E-state index contributed by atoms with van der Waals surface area (Å²) in [5.41, 5.74) is 8.69. The van der Waals surface area contributed by atoms with Gasteiger partial charge in [0, 0.05) is 17.7 Å². The third-order valence-corrected chi connectivity index (χ3v) is 5.04. The number of carbonyl (C=O) groups is 2. The Kier molecular flexibility index (Phi) is 5.91. The van der Waals surface area contributed by atoms with Gasteiger partial charge in [0.15, 0.2) is 5.58 Å². The molecule has 1 amide bonds. The third kappa shape index (κ3) is 4.79. The fourth-order valence-corrected chi connectivity index (χ4v) is 3.41. The molecule has 0 atom stereocenters. The van der Waals surface area contributed by atoms with Gasteiger partial charge in [0.2, 0.25) is 5.91 Å². The summed E-state index contributed by atoms with van der Waals surface area (Å²) < 4.78 is 5.79. The number of rotatable bonds is 6. The number of hydrogen-bond donors (Lipinski definition) is 3. The molecule has 8 heteroatoms. The molecule has 7 nitrogen and oxygen atoms in total. The Morgan fingerprint density at radius 1 is 1.09 bits per heavy atom. The number of benzene rings is 2. The molecule has 0 bridgehead atoms. The number of furan rings is 1. The molecular weight excluding hydrogens is 430 g/mol. The number of hydrogen-bond acceptors (Lipinski definition) is 5. The Morgan fingerprint density at radius 3 is 2.56 bits per heavy atom. The predicted octanol–water partition coefficient (Wildman–Crippen LogP) is 4.76. The zero-order valence-electron chi connectivity index (χ0n) is 16.7. The summed E-state index contributed by atoms with van der Waals surface area (Å²) >= 11 is 6.40. The number of pyridine rings is 1. The molecule has 0 spiro atoms. The van der Waals surface area contributed by atoms with Gasteiger partial charge in [-0.3, -0.25) is 4.79 Å². The molecule has 0 saturated heterocycles. The molecule has 0 radical (unpaired) electrons. The van der Waals surface area contributed by atoms with E-state index in [1.165, 1.54) is 6.08 Å². The van der Waals surface area contributed by atoms with Crippen LogP contribution in [0.1, 0.15) is 21.7 Å². The van der Waals surface area contributed by atoms with Crippen LogP contribution in [-0.2, 0) is 11.3 Å². The summed E-state index contributed by atoms with van der Waals surface area (Å²) in [5.74, 6) is -0.300. The Morgan fingerprint density at radius 2 is 1.88 bits per heavy atom. The normalized spacial score (nSPS) is 11.2. The summed E-state index contributed by atoms with van der Waals surface area (Å²) in [5, 5.41) is 13.0. The first-order valence-electron chi connectivity index (χ1n) is 9.62. The van der Waals surface area contributed by atoms with Gasteiger partial charge in [-0.2, -0.15) is 0 Å². The van der Waals surface area contributed by atoms with Crippen molar-refractivity contribution in [3.8, 4) is 11.1 Å². The SMILES string of the molecule is Nc1ccc(/C=C/C(=O)NCc2cc3cc(-c4ccc(C(=O)O)cc4)cc(Cl)c3o2)cn1. The van der Waals surface area contributed by atoms with Crippen LogP contribution in [-0.4, -0.2) is 22.0 Å². The van der Waals surface area contributed by atoms with Gasteiger partial charge in [-0.1, -0.05) is 23.7 Å². The Bertz CT molecular complexity index is 1330. The van der Waals surface area contributed by atoms with E-state index < -0.39 is 5.97 Å². The minimum atomic E-state index is -0.980. The second-order valence-electron chi connectivity index (χ2n) is 7.04. The van der Waals surface area contributed by atoms with Crippen molar-refractivity contribution >= 4 is 46.3 Å². The molecule has 0 fully saturated rings. The minimum Gasteiger partial charge on any atom is -0.478 e. The van der Waals surface area contributed by atoms with E-state index in [9.17, 15) is 9.59 Å². The van der Waals surface area contributed by atoms with Crippen LogP contribution < -0.4 is 11.1 Å². The number of fused-ring (bicyclic) bond motifs is 1. The molecule has 160 valence electrons. The largest absolute Gasteiger partial charge is 0.478 e. The smallest absolute Gasteiger partial charge is 0.335 e. The van der Waals surface area contributed by atoms with Gasteiger partial charge >= 0.3 is 5.97 Å². The lowest BCUT2D eigenvalue weighted by Gasteiger charge is -2.04. The summed E-state index contributed by atoms with van der Waals surface area (Å²) in [6.45, 7) is 0.191. The second kappa shape index (κ2) is 8.95. The highest BCUT2D eigenvalue weighted by Crippen LogP contribution is 2.33. The topological polar surface area (TPSA) is 118 Å². The van der Waals surface area contributed by atoms with Crippen LogP contribution in [0.2, 0.25) is 5.02 Å². The molecule has 2 heterocycles. The van der Waals surface area contributed by atoms with Gasteiger partial charge in [-0.25, -0.2) is 9.78 Å². The van der Waals surface area contributed by atoms with E-state index in [0.29, 0.717) is 22.2 Å².